The molecule has 5 nitrogen and oxygen atoms in total. The number of hydrogen-bond donors (Lipinski definition) is 0. The first-order valence-electron chi connectivity index (χ1n) is 11.7. The summed E-state index contributed by atoms with van der Waals surface area (Å²) in [6.45, 7) is 13.8. The van der Waals surface area contributed by atoms with Crippen molar-refractivity contribution in [1.29, 1.82) is 0 Å². The van der Waals surface area contributed by atoms with Crippen molar-refractivity contribution in [1.82, 2.24) is 4.90 Å². The first-order valence-corrected chi connectivity index (χ1v) is 12.1. The second-order valence-electron chi connectivity index (χ2n) is 10.2. The molecule has 2 fully saturated rings. The van der Waals surface area contributed by atoms with Crippen LogP contribution in [0.5, 0.6) is 5.75 Å². The molecule has 1 unspecified atom stereocenters. The maximum atomic E-state index is 6.46. The van der Waals surface area contributed by atoms with E-state index in [0.717, 1.165) is 49.4 Å². The molecule has 4 rings (SSSR count). The number of nitrogens with zero attached hydrogens (tertiary/aromatic N) is 1. The molecule has 2 aliphatic rings. The summed E-state index contributed by atoms with van der Waals surface area (Å²) in [5, 5.41) is 0.701. The maximum Gasteiger partial charge on any atom is 0.495 e. The second kappa shape index (κ2) is 9.59. The first kappa shape index (κ1) is 24.6. The minimum absolute atomic E-state index is 0.0954. The zero-order valence-electron chi connectivity index (χ0n) is 20.6. The van der Waals surface area contributed by atoms with Crippen molar-refractivity contribution in [3.8, 4) is 5.75 Å². The van der Waals surface area contributed by atoms with Crippen LogP contribution in [0.25, 0.3) is 0 Å². The van der Waals surface area contributed by atoms with E-state index >= 15 is 0 Å². The van der Waals surface area contributed by atoms with Gasteiger partial charge in [0, 0.05) is 24.7 Å². The molecular weight excluding hydrogens is 437 g/mol. The lowest BCUT2D eigenvalue weighted by Gasteiger charge is -2.34. The van der Waals surface area contributed by atoms with Crippen LogP contribution in [0.2, 0.25) is 5.02 Å². The van der Waals surface area contributed by atoms with Crippen LogP contribution in [0.15, 0.2) is 36.4 Å². The molecule has 0 amide bonds. The highest BCUT2D eigenvalue weighted by molar-refractivity contribution is 6.63. The van der Waals surface area contributed by atoms with Crippen molar-refractivity contribution in [3.63, 3.8) is 0 Å². The molecular formula is C26H35BClNO4. The number of ether oxygens (including phenoxy) is 2. The Kier molecular flexibility index (Phi) is 7.14. The van der Waals surface area contributed by atoms with Crippen molar-refractivity contribution in [2.75, 3.05) is 26.8 Å². The minimum Gasteiger partial charge on any atom is -0.497 e. The molecule has 7 heteroatoms. The number of methoxy groups -OCH3 is 1. The number of benzene rings is 2. The zero-order chi connectivity index (χ0) is 23.8. The average molecular weight is 472 g/mol. The van der Waals surface area contributed by atoms with Gasteiger partial charge in [-0.1, -0.05) is 23.7 Å². The fourth-order valence-electron chi connectivity index (χ4n) is 4.52. The van der Waals surface area contributed by atoms with E-state index < -0.39 is 18.3 Å². The van der Waals surface area contributed by atoms with Gasteiger partial charge in [-0.15, -0.1) is 0 Å². The maximum absolute atomic E-state index is 6.46. The van der Waals surface area contributed by atoms with Crippen molar-refractivity contribution >= 4 is 24.2 Å². The molecule has 0 N–H and O–H groups in total. The molecule has 0 bridgehead atoms. The highest BCUT2D eigenvalue weighted by Crippen LogP contribution is 2.37. The summed E-state index contributed by atoms with van der Waals surface area (Å²) in [7, 11) is 1.25. The summed E-state index contributed by atoms with van der Waals surface area (Å²) in [5.74, 6) is 0.882. The van der Waals surface area contributed by atoms with E-state index in [4.69, 9.17) is 30.4 Å². The fourth-order valence-corrected chi connectivity index (χ4v) is 4.80. The number of halogens is 1. The molecule has 0 aromatic heterocycles. The summed E-state index contributed by atoms with van der Waals surface area (Å²) < 4.78 is 24.2. The van der Waals surface area contributed by atoms with Gasteiger partial charge in [0.05, 0.1) is 31.0 Å². The van der Waals surface area contributed by atoms with Crippen LogP contribution >= 0.6 is 11.6 Å². The SMILES string of the molecule is COc1ccc(CN2CCOC(Cc3c(C)cc(Cl)cc3B3OC(C)(C)C(C)(C)O3)C2)cc1. The lowest BCUT2D eigenvalue weighted by Crippen LogP contribution is -2.45. The number of morpholine rings is 1. The normalized spacial score (nSPS) is 22.5. The summed E-state index contributed by atoms with van der Waals surface area (Å²) in [6.07, 6.45) is 0.889. The molecule has 1 atom stereocenters. The molecule has 33 heavy (non-hydrogen) atoms. The van der Waals surface area contributed by atoms with Gasteiger partial charge in [-0.2, -0.15) is 0 Å². The fraction of sp³-hybridized carbons (Fsp3) is 0.538. The highest BCUT2D eigenvalue weighted by atomic mass is 35.5. The Labute approximate surface area is 203 Å². The summed E-state index contributed by atoms with van der Waals surface area (Å²) in [6, 6.07) is 12.3. The van der Waals surface area contributed by atoms with Crippen LogP contribution in [-0.2, 0) is 27.0 Å². The predicted molar refractivity (Wildman–Crippen MR) is 134 cm³/mol. The van der Waals surface area contributed by atoms with Crippen LogP contribution in [0.1, 0.15) is 44.4 Å². The molecule has 2 aliphatic heterocycles. The van der Waals surface area contributed by atoms with Crippen LogP contribution in [0.3, 0.4) is 0 Å². The van der Waals surface area contributed by atoms with Gasteiger partial charge < -0.3 is 18.8 Å². The molecule has 0 aliphatic carbocycles. The quantitative estimate of drug-likeness (QED) is 0.584. The van der Waals surface area contributed by atoms with Gasteiger partial charge in [-0.25, -0.2) is 0 Å². The summed E-state index contributed by atoms with van der Waals surface area (Å²) in [4.78, 5) is 2.45. The Morgan fingerprint density at radius 2 is 1.76 bits per heavy atom. The molecule has 2 heterocycles. The van der Waals surface area contributed by atoms with Gasteiger partial charge in [0.2, 0.25) is 0 Å². The topological polar surface area (TPSA) is 40.2 Å². The molecule has 178 valence electrons. The van der Waals surface area contributed by atoms with E-state index in [9.17, 15) is 0 Å². The van der Waals surface area contributed by atoms with Crippen LogP contribution in [0, 0.1) is 6.92 Å². The smallest absolute Gasteiger partial charge is 0.495 e. The van der Waals surface area contributed by atoms with E-state index in [1.165, 1.54) is 11.1 Å². The van der Waals surface area contributed by atoms with Gasteiger partial charge in [-0.05, 0) is 87.5 Å². The van der Waals surface area contributed by atoms with E-state index in [1.807, 2.05) is 24.3 Å². The molecule has 0 saturated carbocycles. The number of rotatable bonds is 6. The van der Waals surface area contributed by atoms with Gasteiger partial charge in [0.1, 0.15) is 5.75 Å². The van der Waals surface area contributed by atoms with Gasteiger partial charge in [0.25, 0.3) is 0 Å². The van der Waals surface area contributed by atoms with Gasteiger partial charge >= 0.3 is 7.12 Å². The van der Waals surface area contributed by atoms with Crippen molar-refractivity contribution in [3.05, 3.63) is 58.1 Å². The third-order valence-corrected chi connectivity index (χ3v) is 7.42. The molecule has 0 radical (unpaired) electrons. The van der Waals surface area contributed by atoms with E-state index in [1.54, 1.807) is 7.11 Å². The Hall–Kier alpha value is -1.57. The molecule has 2 aromatic rings. The van der Waals surface area contributed by atoms with E-state index in [2.05, 4.69) is 51.7 Å². The highest BCUT2D eigenvalue weighted by Gasteiger charge is 2.52. The van der Waals surface area contributed by atoms with E-state index in [0.29, 0.717) is 5.02 Å². The molecule has 2 aromatic carbocycles. The largest absolute Gasteiger partial charge is 0.497 e. The molecule has 2 saturated heterocycles. The first-order chi connectivity index (χ1) is 15.6. The standard InChI is InChI=1S/C26H35BClNO4/c1-18-13-20(28)14-24(27-32-25(2,3)26(4,5)33-27)23(18)15-22-17-29(11-12-31-22)16-19-7-9-21(30-6)10-8-19/h7-10,13-14,22H,11-12,15-17H2,1-6H3. The Bertz CT molecular complexity index is 963. The third kappa shape index (κ3) is 5.41. The van der Waals surface area contributed by atoms with E-state index in [-0.39, 0.29) is 6.10 Å². The number of aryl methyl sites for hydroxylation is 1. The van der Waals surface area contributed by atoms with Crippen molar-refractivity contribution in [2.45, 2.75) is 64.9 Å². The average Bonchev–Trinajstić information content (AvgIpc) is 2.97. The van der Waals surface area contributed by atoms with Crippen LogP contribution in [0.4, 0.5) is 0 Å². The Morgan fingerprint density at radius 1 is 1.09 bits per heavy atom. The number of hydrogen-bond acceptors (Lipinski definition) is 5. The summed E-state index contributed by atoms with van der Waals surface area (Å²) >= 11 is 6.46. The lowest BCUT2D eigenvalue weighted by atomic mass is 9.73. The van der Waals surface area contributed by atoms with Gasteiger partial charge in [-0.3, -0.25) is 4.90 Å². The summed E-state index contributed by atoms with van der Waals surface area (Å²) in [5.41, 5.74) is 3.83. The lowest BCUT2D eigenvalue weighted by molar-refractivity contribution is -0.0304. The predicted octanol–water partition coefficient (Wildman–Crippen LogP) is 4.40. The monoisotopic (exact) mass is 471 g/mol. The molecule has 0 spiro atoms. The minimum atomic E-state index is -0.443. The Balaban J connectivity index is 1.50. The van der Waals surface area contributed by atoms with Crippen molar-refractivity contribution in [2.24, 2.45) is 0 Å². The van der Waals surface area contributed by atoms with Crippen LogP contribution < -0.4 is 10.2 Å². The van der Waals surface area contributed by atoms with Crippen LogP contribution in [-0.4, -0.2) is 56.1 Å². The third-order valence-electron chi connectivity index (χ3n) is 7.20. The Morgan fingerprint density at radius 3 is 2.39 bits per heavy atom. The second-order valence-corrected chi connectivity index (χ2v) is 10.6. The zero-order valence-corrected chi connectivity index (χ0v) is 21.4. The van der Waals surface area contributed by atoms with Gasteiger partial charge in [0.15, 0.2) is 0 Å². The van der Waals surface area contributed by atoms with Crippen molar-refractivity contribution < 1.29 is 18.8 Å².